The van der Waals surface area contributed by atoms with E-state index in [1.165, 1.54) is 12.8 Å². The van der Waals surface area contributed by atoms with E-state index in [4.69, 9.17) is 16.6 Å². The average Bonchev–Trinajstić information content (AvgIpc) is 3.55. The van der Waals surface area contributed by atoms with Crippen LogP contribution in [0.2, 0.25) is 5.02 Å². The largest absolute Gasteiger partial charge is 0.338 e. The van der Waals surface area contributed by atoms with Crippen LogP contribution in [-0.4, -0.2) is 56.1 Å². The SMILES string of the molecule is C[C@H]1CN(c2nc3ccccc3c3nnc(-c4ccc(Cl)cc4)n23)CCN1C(=O)C1CCCC1. The van der Waals surface area contributed by atoms with Crippen molar-refractivity contribution in [3.05, 3.63) is 53.6 Å². The van der Waals surface area contributed by atoms with E-state index in [-0.39, 0.29) is 12.0 Å². The second-order valence-electron chi connectivity index (χ2n) is 9.43. The number of hydrogen-bond acceptors (Lipinski definition) is 5. The molecular weight excluding hydrogens is 448 g/mol. The summed E-state index contributed by atoms with van der Waals surface area (Å²) in [7, 11) is 0. The molecule has 2 aromatic carbocycles. The van der Waals surface area contributed by atoms with Crippen molar-refractivity contribution < 1.29 is 4.79 Å². The molecule has 34 heavy (non-hydrogen) atoms. The molecular formula is C26H27ClN6O. The van der Waals surface area contributed by atoms with Crippen molar-refractivity contribution in [1.29, 1.82) is 0 Å². The summed E-state index contributed by atoms with van der Waals surface area (Å²) in [6, 6.07) is 15.8. The number of anilines is 1. The normalized spacial score (nSPS) is 19.4. The molecule has 0 spiro atoms. The van der Waals surface area contributed by atoms with Crippen LogP contribution in [0, 0.1) is 5.92 Å². The molecule has 1 atom stereocenters. The minimum Gasteiger partial charge on any atom is -0.338 e. The van der Waals surface area contributed by atoms with Crippen molar-refractivity contribution >= 4 is 40.0 Å². The molecule has 1 saturated heterocycles. The summed E-state index contributed by atoms with van der Waals surface area (Å²) in [6.45, 7) is 4.28. The van der Waals surface area contributed by atoms with E-state index >= 15 is 0 Å². The molecule has 2 fully saturated rings. The Kier molecular flexibility index (Phi) is 5.37. The van der Waals surface area contributed by atoms with Crippen molar-refractivity contribution in [3.8, 4) is 11.4 Å². The molecule has 1 aliphatic heterocycles. The number of fused-ring (bicyclic) bond motifs is 3. The lowest BCUT2D eigenvalue weighted by Gasteiger charge is -2.41. The fourth-order valence-corrected chi connectivity index (χ4v) is 5.56. The van der Waals surface area contributed by atoms with Gasteiger partial charge in [-0.15, -0.1) is 10.2 Å². The summed E-state index contributed by atoms with van der Waals surface area (Å²) >= 11 is 6.13. The Morgan fingerprint density at radius 3 is 2.53 bits per heavy atom. The van der Waals surface area contributed by atoms with Crippen LogP contribution in [0.15, 0.2) is 48.5 Å². The number of nitrogens with zero attached hydrogens (tertiary/aromatic N) is 6. The summed E-state index contributed by atoms with van der Waals surface area (Å²) in [4.78, 5) is 22.5. The zero-order chi connectivity index (χ0) is 23.2. The molecule has 1 aliphatic carbocycles. The molecule has 3 heterocycles. The van der Waals surface area contributed by atoms with E-state index in [0.717, 1.165) is 59.8 Å². The van der Waals surface area contributed by atoms with Gasteiger partial charge >= 0.3 is 0 Å². The van der Waals surface area contributed by atoms with Crippen LogP contribution >= 0.6 is 11.6 Å². The molecule has 7 nitrogen and oxygen atoms in total. The van der Waals surface area contributed by atoms with Gasteiger partial charge in [-0.1, -0.05) is 36.6 Å². The summed E-state index contributed by atoms with van der Waals surface area (Å²) in [5, 5.41) is 10.8. The van der Waals surface area contributed by atoms with Gasteiger partial charge in [0.2, 0.25) is 11.9 Å². The fraction of sp³-hybridized carbons (Fsp3) is 0.385. The molecule has 174 valence electrons. The molecule has 1 amide bonds. The summed E-state index contributed by atoms with van der Waals surface area (Å²) < 4.78 is 2.05. The number of para-hydroxylation sites is 1. The van der Waals surface area contributed by atoms with Crippen LogP contribution in [0.5, 0.6) is 0 Å². The molecule has 8 heteroatoms. The second-order valence-corrected chi connectivity index (χ2v) is 9.86. The highest BCUT2D eigenvalue weighted by atomic mass is 35.5. The molecule has 2 aromatic heterocycles. The van der Waals surface area contributed by atoms with Gasteiger partial charge in [-0.05, 0) is 56.2 Å². The molecule has 6 rings (SSSR count). The zero-order valence-corrected chi connectivity index (χ0v) is 19.9. The number of piperazine rings is 1. The van der Waals surface area contributed by atoms with Crippen LogP contribution in [0.4, 0.5) is 5.95 Å². The predicted molar refractivity (Wildman–Crippen MR) is 134 cm³/mol. The number of aromatic nitrogens is 4. The quantitative estimate of drug-likeness (QED) is 0.425. The van der Waals surface area contributed by atoms with E-state index in [9.17, 15) is 4.79 Å². The van der Waals surface area contributed by atoms with E-state index in [2.05, 4.69) is 26.9 Å². The summed E-state index contributed by atoms with van der Waals surface area (Å²) in [6.07, 6.45) is 4.41. The number of rotatable bonds is 3. The first-order valence-corrected chi connectivity index (χ1v) is 12.4. The van der Waals surface area contributed by atoms with Crippen LogP contribution in [0.1, 0.15) is 32.6 Å². The third-order valence-corrected chi connectivity index (χ3v) is 7.48. The molecule has 4 aromatic rings. The average molecular weight is 475 g/mol. The minimum atomic E-state index is 0.112. The first-order valence-electron chi connectivity index (χ1n) is 12.1. The lowest BCUT2D eigenvalue weighted by molar-refractivity contribution is -0.137. The molecule has 0 N–H and O–H groups in total. The van der Waals surface area contributed by atoms with Crippen LogP contribution < -0.4 is 4.90 Å². The van der Waals surface area contributed by atoms with E-state index < -0.39 is 0 Å². The van der Waals surface area contributed by atoms with E-state index in [0.29, 0.717) is 17.5 Å². The van der Waals surface area contributed by atoms with Gasteiger partial charge in [0.1, 0.15) is 0 Å². The van der Waals surface area contributed by atoms with Crippen molar-refractivity contribution in [2.24, 2.45) is 5.92 Å². The van der Waals surface area contributed by atoms with Crippen molar-refractivity contribution in [2.45, 2.75) is 38.6 Å². The van der Waals surface area contributed by atoms with Gasteiger partial charge in [0, 0.05) is 47.6 Å². The number of carbonyl (C=O) groups excluding carboxylic acids is 1. The number of benzene rings is 2. The van der Waals surface area contributed by atoms with Crippen LogP contribution in [0.25, 0.3) is 27.9 Å². The number of halogens is 1. The van der Waals surface area contributed by atoms with E-state index in [1.807, 2.05) is 52.9 Å². The zero-order valence-electron chi connectivity index (χ0n) is 19.2. The van der Waals surface area contributed by atoms with Gasteiger partial charge in [-0.25, -0.2) is 9.38 Å². The number of amides is 1. The molecule has 0 unspecified atom stereocenters. The van der Waals surface area contributed by atoms with Crippen molar-refractivity contribution in [1.82, 2.24) is 24.5 Å². The molecule has 2 aliphatic rings. The van der Waals surface area contributed by atoms with E-state index in [1.54, 1.807) is 0 Å². The van der Waals surface area contributed by atoms with Gasteiger partial charge in [0.25, 0.3) is 0 Å². The molecule has 1 saturated carbocycles. The Labute approximate surface area is 203 Å². The highest BCUT2D eigenvalue weighted by molar-refractivity contribution is 6.30. The topological polar surface area (TPSA) is 66.6 Å². The van der Waals surface area contributed by atoms with Gasteiger partial charge in [-0.3, -0.25) is 4.79 Å². The maximum atomic E-state index is 13.1. The van der Waals surface area contributed by atoms with Gasteiger partial charge in [-0.2, -0.15) is 0 Å². The first-order chi connectivity index (χ1) is 16.6. The Balaban J connectivity index is 1.41. The Hall–Kier alpha value is -3.19. The fourth-order valence-electron chi connectivity index (χ4n) is 5.44. The third-order valence-electron chi connectivity index (χ3n) is 7.23. The maximum Gasteiger partial charge on any atom is 0.226 e. The molecule has 0 radical (unpaired) electrons. The van der Waals surface area contributed by atoms with Crippen LogP contribution in [-0.2, 0) is 4.79 Å². The highest BCUT2D eigenvalue weighted by Gasteiger charge is 2.34. The predicted octanol–water partition coefficient (Wildman–Crippen LogP) is 4.83. The molecule has 0 bridgehead atoms. The van der Waals surface area contributed by atoms with Crippen LogP contribution in [0.3, 0.4) is 0 Å². The lowest BCUT2D eigenvalue weighted by Crippen LogP contribution is -2.55. The smallest absolute Gasteiger partial charge is 0.226 e. The number of carbonyl (C=O) groups is 1. The minimum absolute atomic E-state index is 0.112. The standard InChI is InChI=1S/C26H27ClN6O/c1-17-16-31(14-15-32(17)25(34)19-6-2-3-7-19)26-28-22-9-5-4-8-21(22)24-30-29-23(33(24)26)18-10-12-20(27)13-11-18/h4-5,8-13,17,19H,2-3,6-7,14-16H2,1H3/t17-/m0/s1. The number of hydrogen-bond donors (Lipinski definition) is 0. The van der Waals surface area contributed by atoms with Gasteiger partial charge in [0.15, 0.2) is 11.5 Å². The third kappa shape index (κ3) is 3.59. The Morgan fingerprint density at radius 2 is 1.76 bits per heavy atom. The van der Waals surface area contributed by atoms with Crippen molar-refractivity contribution in [2.75, 3.05) is 24.5 Å². The highest BCUT2D eigenvalue weighted by Crippen LogP contribution is 2.31. The van der Waals surface area contributed by atoms with Crippen molar-refractivity contribution in [3.63, 3.8) is 0 Å². The van der Waals surface area contributed by atoms with Gasteiger partial charge < -0.3 is 9.80 Å². The summed E-state index contributed by atoms with van der Waals surface area (Å²) in [5.41, 5.74) is 2.60. The Morgan fingerprint density at radius 1 is 1.00 bits per heavy atom. The van der Waals surface area contributed by atoms with Gasteiger partial charge in [0.05, 0.1) is 5.52 Å². The Bertz CT molecular complexity index is 1360. The lowest BCUT2D eigenvalue weighted by atomic mass is 10.0. The second kappa shape index (κ2) is 8.55. The first kappa shape index (κ1) is 21.4. The summed E-state index contributed by atoms with van der Waals surface area (Å²) in [5.74, 6) is 2.07. The maximum absolute atomic E-state index is 13.1. The monoisotopic (exact) mass is 474 g/mol.